The smallest absolute Gasteiger partial charge is 0.331 e. The summed E-state index contributed by atoms with van der Waals surface area (Å²) in [5, 5.41) is -0.110. The van der Waals surface area contributed by atoms with Crippen molar-refractivity contribution in [1.29, 1.82) is 0 Å². The van der Waals surface area contributed by atoms with Gasteiger partial charge in [0, 0.05) is 6.20 Å². The fraction of sp³-hybridized carbons (Fsp3) is 0.333. The number of aromatic nitrogens is 3. The van der Waals surface area contributed by atoms with E-state index in [1.807, 2.05) is 6.92 Å². The van der Waals surface area contributed by atoms with E-state index in [1.54, 1.807) is 6.20 Å². The molecule has 4 nitrogen and oxygen atoms in total. The van der Waals surface area contributed by atoms with Crippen LogP contribution in [0.15, 0.2) is 35.6 Å². The second-order valence-corrected chi connectivity index (χ2v) is 8.06. The highest BCUT2D eigenvalue weighted by Crippen LogP contribution is 2.36. The number of hydrogen-bond donors (Lipinski definition) is 1. The zero-order chi connectivity index (χ0) is 18.5. The third-order valence-electron chi connectivity index (χ3n) is 4.59. The first-order valence-electron chi connectivity index (χ1n) is 8.26. The summed E-state index contributed by atoms with van der Waals surface area (Å²) >= 11 is 0. The van der Waals surface area contributed by atoms with Crippen LogP contribution in [0, 0.1) is 6.92 Å². The normalized spacial score (nSPS) is 18.7. The van der Waals surface area contributed by atoms with E-state index in [-0.39, 0.29) is 15.9 Å². The predicted octanol–water partition coefficient (Wildman–Crippen LogP) is 4.47. The van der Waals surface area contributed by atoms with Crippen LogP contribution >= 0.6 is 0 Å². The van der Waals surface area contributed by atoms with Crippen molar-refractivity contribution in [3.05, 3.63) is 52.8 Å². The molecule has 0 amide bonds. The minimum atomic E-state index is -4.43. The summed E-state index contributed by atoms with van der Waals surface area (Å²) in [7, 11) is -1.51. The molecule has 4 rings (SSSR count). The number of benzene rings is 1. The first-order chi connectivity index (χ1) is 12.3. The molecule has 1 aliphatic rings. The van der Waals surface area contributed by atoms with E-state index in [1.165, 1.54) is 6.07 Å². The molecule has 2 heterocycles. The van der Waals surface area contributed by atoms with E-state index >= 15 is 0 Å². The molecule has 0 spiro atoms. The summed E-state index contributed by atoms with van der Waals surface area (Å²) in [4.78, 5) is 11.5. The number of aromatic amines is 1. The van der Waals surface area contributed by atoms with Gasteiger partial charge in [-0.1, -0.05) is 6.07 Å². The van der Waals surface area contributed by atoms with Crippen molar-refractivity contribution >= 4 is 21.8 Å². The topological polar surface area (TPSA) is 58.6 Å². The number of pyridine rings is 1. The van der Waals surface area contributed by atoms with Gasteiger partial charge in [0.25, 0.3) is 0 Å². The summed E-state index contributed by atoms with van der Waals surface area (Å²) in [6.45, 7) is 1.96. The summed E-state index contributed by atoms with van der Waals surface area (Å²) in [6, 6.07) is 5.33. The number of alkyl halides is 3. The Labute approximate surface area is 150 Å². The van der Waals surface area contributed by atoms with Gasteiger partial charge in [-0.25, -0.2) is 4.98 Å². The molecular weight excluding hydrogens is 363 g/mol. The van der Waals surface area contributed by atoms with Gasteiger partial charge in [-0.2, -0.15) is 13.2 Å². The molecule has 0 bridgehead atoms. The number of halogens is 3. The van der Waals surface area contributed by atoms with Gasteiger partial charge < -0.3 is 4.98 Å². The van der Waals surface area contributed by atoms with Crippen molar-refractivity contribution in [1.82, 2.24) is 15.0 Å². The van der Waals surface area contributed by atoms with Crippen LogP contribution in [0.25, 0.3) is 11.0 Å². The Morgan fingerprint density at radius 3 is 2.85 bits per heavy atom. The fourth-order valence-electron chi connectivity index (χ4n) is 3.35. The van der Waals surface area contributed by atoms with E-state index in [9.17, 15) is 17.4 Å². The van der Waals surface area contributed by atoms with Crippen LogP contribution in [0.5, 0.6) is 0 Å². The number of rotatable bonds is 2. The molecule has 1 aromatic carbocycles. The van der Waals surface area contributed by atoms with Crippen LogP contribution in [0.3, 0.4) is 0 Å². The Kier molecular flexibility index (Phi) is 4.10. The lowest BCUT2D eigenvalue weighted by Gasteiger charge is -2.23. The first-order valence-corrected chi connectivity index (χ1v) is 9.47. The third kappa shape index (κ3) is 3.02. The molecule has 2 unspecified atom stereocenters. The van der Waals surface area contributed by atoms with Crippen LogP contribution in [0.1, 0.15) is 40.5 Å². The quantitative estimate of drug-likeness (QED) is 0.715. The van der Waals surface area contributed by atoms with Crippen molar-refractivity contribution in [2.75, 3.05) is 0 Å². The van der Waals surface area contributed by atoms with Gasteiger partial charge in [0.15, 0.2) is 5.16 Å². The molecule has 0 aliphatic heterocycles. The largest absolute Gasteiger partial charge is 0.416 e. The van der Waals surface area contributed by atoms with Gasteiger partial charge in [0.2, 0.25) is 0 Å². The third-order valence-corrected chi connectivity index (χ3v) is 6.14. The number of fused-ring (bicyclic) bond motifs is 2. The lowest BCUT2D eigenvalue weighted by atomic mass is 9.95. The highest BCUT2D eigenvalue weighted by molar-refractivity contribution is 7.85. The van der Waals surface area contributed by atoms with E-state index in [0.717, 1.165) is 41.8 Å². The lowest BCUT2D eigenvalue weighted by molar-refractivity contribution is -0.137. The zero-order valence-electron chi connectivity index (χ0n) is 13.9. The van der Waals surface area contributed by atoms with Crippen LogP contribution in [-0.4, -0.2) is 19.2 Å². The van der Waals surface area contributed by atoms with Crippen LogP contribution < -0.4 is 0 Å². The molecule has 0 fully saturated rings. The van der Waals surface area contributed by atoms with Crippen molar-refractivity contribution in [2.24, 2.45) is 0 Å². The minimum Gasteiger partial charge on any atom is -0.331 e. The molecule has 0 saturated heterocycles. The number of nitrogens with one attached hydrogen (secondary N) is 1. The van der Waals surface area contributed by atoms with Gasteiger partial charge in [-0.3, -0.25) is 9.19 Å². The summed E-state index contributed by atoms with van der Waals surface area (Å²) in [6.07, 6.45) is -0.175. The Balaban J connectivity index is 1.71. The molecule has 2 aromatic heterocycles. The molecule has 136 valence electrons. The molecule has 0 radical (unpaired) electrons. The first kappa shape index (κ1) is 17.2. The van der Waals surface area contributed by atoms with Gasteiger partial charge in [-0.05, 0) is 55.5 Å². The second kappa shape index (κ2) is 6.19. The standard InChI is InChI=1S/C18H16F3N3OS/c1-10-7-11-3-2-4-15(16(11)22-9-10)26(25)17-23-13-6-5-12(18(19,20)21)8-14(13)24-17/h5-9,15H,2-4H2,1H3,(H,23,24). The molecule has 8 heteroatoms. The maximum atomic E-state index is 13.1. The van der Waals surface area contributed by atoms with Crippen molar-refractivity contribution in [3.8, 4) is 0 Å². The Hall–Kier alpha value is -2.22. The maximum absolute atomic E-state index is 13.1. The van der Waals surface area contributed by atoms with E-state index in [0.29, 0.717) is 11.9 Å². The lowest BCUT2D eigenvalue weighted by Crippen LogP contribution is -2.17. The predicted molar refractivity (Wildman–Crippen MR) is 92.2 cm³/mol. The van der Waals surface area contributed by atoms with Crippen LogP contribution in [0.2, 0.25) is 0 Å². The Morgan fingerprint density at radius 2 is 2.08 bits per heavy atom. The molecule has 2 atom stereocenters. The van der Waals surface area contributed by atoms with Gasteiger partial charge in [0.1, 0.15) is 0 Å². The second-order valence-electron chi connectivity index (χ2n) is 6.51. The van der Waals surface area contributed by atoms with Gasteiger partial charge in [-0.15, -0.1) is 0 Å². The minimum absolute atomic E-state index is 0.194. The number of H-pyrrole nitrogens is 1. The molecule has 26 heavy (non-hydrogen) atoms. The van der Waals surface area contributed by atoms with Crippen molar-refractivity contribution < 1.29 is 17.4 Å². The number of hydrogen-bond acceptors (Lipinski definition) is 3. The highest BCUT2D eigenvalue weighted by atomic mass is 32.2. The Morgan fingerprint density at radius 1 is 1.27 bits per heavy atom. The SMILES string of the molecule is Cc1cnc2c(c1)CCCC2S(=O)c1nc2ccc(C(F)(F)F)cc2[nH]1. The maximum Gasteiger partial charge on any atom is 0.416 e. The number of nitrogens with zero attached hydrogens (tertiary/aromatic N) is 2. The molecular formula is C18H16F3N3OS. The fourth-order valence-corrected chi connectivity index (χ4v) is 4.81. The van der Waals surface area contributed by atoms with E-state index < -0.39 is 22.5 Å². The van der Waals surface area contributed by atoms with E-state index in [2.05, 4.69) is 21.0 Å². The summed E-state index contributed by atoms with van der Waals surface area (Å²) in [5.74, 6) is 0. The zero-order valence-corrected chi connectivity index (χ0v) is 14.7. The average Bonchev–Trinajstić information content (AvgIpc) is 3.02. The van der Waals surface area contributed by atoms with Crippen LogP contribution in [-0.2, 0) is 23.4 Å². The van der Waals surface area contributed by atoms with Gasteiger partial charge >= 0.3 is 6.18 Å². The Bertz CT molecular complexity index is 1010. The number of aryl methyl sites for hydroxylation is 2. The molecule has 1 aliphatic carbocycles. The molecule has 0 saturated carbocycles. The van der Waals surface area contributed by atoms with Crippen molar-refractivity contribution in [2.45, 2.75) is 42.8 Å². The molecule has 3 aromatic rings. The van der Waals surface area contributed by atoms with Gasteiger partial charge in [0.05, 0.1) is 38.3 Å². The van der Waals surface area contributed by atoms with Crippen molar-refractivity contribution in [3.63, 3.8) is 0 Å². The number of imidazole rings is 1. The van der Waals surface area contributed by atoms with Crippen LogP contribution in [0.4, 0.5) is 13.2 Å². The average molecular weight is 379 g/mol. The summed E-state index contributed by atoms with van der Waals surface area (Å²) in [5.41, 5.74) is 2.79. The molecule has 1 N–H and O–H groups in total. The highest BCUT2D eigenvalue weighted by Gasteiger charge is 2.32. The summed E-state index contributed by atoms with van der Waals surface area (Å²) < 4.78 is 51.7. The van der Waals surface area contributed by atoms with E-state index in [4.69, 9.17) is 0 Å². The monoisotopic (exact) mass is 379 g/mol.